The zero-order chi connectivity index (χ0) is 17.6. The Bertz CT molecular complexity index is 693. The van der Waals surface area contributed by atoms with Gasteiger partial charge >= 0.3 is 0 Å². The van der Waals surface area contributed by atoms with Crippen LogP contribution in [0.2, 0.25) is 0 Å². The molecule has 0 N–H and O–H groups in total. The van der Waals surface area contributed by atoms with Gasteiger partial charge in [0, 0.05) is 11.8 Å². The zero-order valence-corrected chi connectivity index (χ0v) is 15.8. The van der Waals surface area contributed by atoms with E-state index in [1.54, 1.807) is 0 Å². The minimum Gasteiger partial charge on any atom is -0.356 e. The van der Waals surface area contributed by atoms with E-state index in [4.69, 9.17) is 4.74 Å². The fourth-order valence-electron chi connectivity index (χ4n) is 7.84. The first-order valence-corrected chi connectivity index (χ1v) is 10.3. The van der Waals surface area contributed by atoms with Crippen LogP contribution in [0.15, 0.2) is 11.6 Å². The Morgan fingerprint density at radius 3 is 2.48 bits per heavy atom. The molecule has 4 fully saturated rings. The molecule has 3 nitrogen and oxygen atoms in total. The molecule has 3 saturated carbocycles. The Morgan fingerprint density at radius 1 is 1.00 bits per heavy atom. The van der Waals surface area contributed by atoms with Crippen LogP contribution in [0.1, 0.15) is 72.1 Å². The van der Waals surface area contributed by atoms with E-state index in [1.165, 1.54) is 18.4 Å². The summed E-state index contributed by atoms with van der Waals surface area (Å²) in [4.78, 5) is 24.7. The van der Waals surface area contributed by atoms with Crippen molar-refractivity contribution in [2.75, 3.05) is 0 Å². The summed E-state index contributed by atoms with van der Waals surface area (Å²) in [6.45, 7) is 6.68. The number of hydrogen-bond donors (Lipinski definition) is 0. The van der Waals surface area contributed by atoms with Gasteiger partial charge in [-0.2, -0.15) is 0 Å². The smallest absolute Gasteiger partial charge is 0.193 e. The number of fused-ring (bicyclic) bond motifs is 6. The third-order valence-corrected chi connectivity index (χ3v) is 9.23. The van der Waals surface area contributed by atoms with Crippen LogP contribution in [0, 0.1) is 28.6 Å². The summed E-state index contributed by atoms with van der Waals surface area (Å²) in [5, 5.41) is 0. The highest BCUT2D eigenvalue weighted by molar-refractivity contribution is 5.97. The molecule has 0 amide bonds. The zero-order valence-electron chi connectivity index (χ0n) is 15.8. The third kappa shape index (κ3) is 1.76. The van der Waals surface area contributed by atoms with Gasteiger partial charge in [-0.25, -0.2) is 0 Å². The van der Waals surface area contributed by atoms with E-state index in [0.29, 0.717) is 35.7 Å². The number of Topliss-reactive ketones (excluding diaryl/α,β-unsaturated/α-hetero) is 1. The molecule has 1 spiro atoms. The fourth-order valence-corrected chi connectivity index (χ4v) is 7.84. The molecule has 25 heavy (non-hydrogen) atoms. The Hall–Kier alpha value is -0.960. The maximum Gasteiger partial charge on any atom is 0.193 e. The molecule has 5 rings (SSSR count). The summed E-state index contributed by atoms with van der Waals surface area (Å²) in [5.41, 5.74) is 1.19. The van der Waals surface area contributed by atoms with Crippen molar-refractivity contribution in [2.45, 2.75) is 83.8 Å². The maximum atomic E-state index is 12.8. The van der Waals surface area contributed by atoms with Gasteiger partial charge in [0.1, 0.15) is 11.7 Å². The van der Waals surface area contributed by atoms with Gasteiger partial charge in [0.2, 0.25) is 0 Å². The number of ether oxygens (including phenoxy) is 1. The quantitative estimate of drug-likeness (QED) is 0.661. The minimum atomic E-state index is -0.471. The van der Waals surface area contributed by atoms with Gasteiger partial charge in [-0.05, 0) is 81.1 Å². The number of rotatable bonds is 0. The molecule has 3 heteroatoms. The number of carbonyl (C=O) groups excluding carboxylic acids is 2. The summed E-state index contributed by atoms with van der Waals surface area (Å²) in [6.07, 6.45) is 10.2. The van der Waals surface area contributed by atoms with E-state index in [0.717, 1.165) is 32.1 Å². The van der Waals surface area contributed by atoms with E-state index >= 15 is 0 Å². The highest BCUT2D eigenvalue weighted by Gasteiger charge is 2.71. The minimum absolute atomic E-state index is 0.0276. The second-order valence-electron chi connectivity index (χ2n) is 9.92. The van der Waals surface area contributed by atoms with Crippen molar-refractivity contribution < 1.29 is 14.3 Å². The van der Waals surface area contributed by atoms with E-state index in [-0.39, 0.29) is 16.9 Å². The van der Waals surface area contributed by atoms with E-state index in [9.17, 15) is 9.59 Å². The van der Waals surface area contributed by atoms with Crippen LogP contribution >= 0.6 is 0 Å². The lowest BCUT2D eigenvalue weighted by Gasteiger charge is -2.61. The predicted molar refractivity (Wildman–Crippen MR) is 95.0 cm³/mol. The normalized spacial score (nSPS) is 54.4. The highest BCUT2D eigenvalue weighted by Crippen LogP contribution is 2.70. The number of ketones is 2. The second kappa shape index (κ2) is 4.85. The van der Waals surface area contributed by atoms with Gasteiger partial charge in [0.15, 0.2) is 11.6 Å². The van der Waals surface area contributed by atoms with Crippen LogP contribution < -0.4 is 0 Å². The van der Waals surface area contributed by atoms with E-state index in [1.807, 2.05) is 13.0 Å². The fraction of sp³-hybridized carbons (Fsp3) is 0.818. The SMILES string of the molecule is C[C@@H]1O[C@@]2(CC[C@H]3[C@@H]4CCC5=CC(=O)CC[C@]5(C)[C@H]4CC[C@@]32C)C1=O. The Morgan fingerprint density at radius 2 is 1.76 bits per heavy atom. The van der Waals surface area contributed by atoms with Crippen molar-refractivity contribution in [3.8, 4) is 0 Å². The standard InChI is InChI=1S/C22H30O3/c1-13-19(24)22(25-13)11-8-18-16-5-4-14-12-15(23)6-9-20(14,2)17(16)7-10-21(18,22)3/h12-13,16-18H,4-11H2,1-3H3/t13-,16+,17-,18-,20-,21-,22-/m0/s1. The summed E-state index contributed by atoms with van der Waals surface area (Å²) in [6, 6.07) is 0. The largest absolute Gasteiger partial charge is 0.356 e. The van der Waals surface area contributed by atoms with E-state index in [2.05, 4.69) is 13.8 Å². The predicted octanol–water partition coefficient (Wildman–Crippen LogP) is 4.24. The van der Waals surface area contributed by atoms with Crippen molar-refractivity contribution in [1.29, 1.82) is 0 Å². The maximum absolute atomic E-state index is 12.8. The van der Waals surface area contributed by atoms with Crippen molar-refractivity contribution in [2.24, 2.45) is 28.6 Å². The van der Waals surface area contributed by atoms with E-state index < -0.39 is 5.60 Å². The lowest BCUT2D eigenvalue weighted by Crippen LogP contribution is -2.68. The van der Waals surface area contributed by atoms with Crippen LogP contribution in [0.25, 0.3) is 0 Å². The van der Waals surface area contributed by atoms with Crippen molar-refractivity contribution in [3.63, 3.8) is 0 Å². The van der Waals surface area contributed by atoms with Gasteiger partial charge in [-0.1, -0.05) is 19.4 Å². The number of hydrogen-bond acceptors (Lipinski definition) is 3. The molecular weight excluding hydrogens is 312 g/mol. The average Bonchev–Trinajstić information content (AvgIpc) is 2.90. The lowest BCUT2D eigenvalue weighted by molar-refractivity contribution is -0.235. The molecule has 1 aliphatic heterocycles. The number of carbonyl (C=O) groups is 2. The molecule has 7 atom stereocenters. The Labute approximate surface area is 150 Å². The topological polar surface area (TPSA) is 43.4 Å². The van der Waals surface area contributed by atoms with Crippen LogP contribution in [-0.4, -0.2) is 23.3 Å². The highest BCUT2D eigenvalue weighted by atomic mass is 16.6. The first-order chi connectivity index (χ1) is 11.8. The van der Waals surface area contributed by atoms with Crippen molar-refractivity contribution in [1.82, 2.24) is 0 Å². The average molecular weight is 342 g/mol. The molecule has 0 aromatic heterocycles. The Balaban J connectivity index is 1.49. The molecule has 0 aromatic rings. The van der Waals surface area contributed by atoms with Gasteiger partial charge in [0.25, 0.3) is 0 Å². The van der Waals surface area contributed by atoms with Gasteiger partial charge < -0.3 is 4.74 Å². The van der Waals surface area contributed by atoms with Crippen LogP contribution in [0.5, 0.6) is 0 Å². The van der Waals surface area contributed by atoms with Crippen LogP contribution in [-0.2, 0) is 14.3 Å². The summed E-state index contributed by atoms with van der Waals surface area (Å²) in [5.74, 6) is 2.68. The van der Waals surface area contributed by atoms with Gasteiger partial charge in [0.05, 0.1) is 0 Å². The second-order valence-corrected chi connectivity index (χ2v) is 9.92. The van der Waals surface area contributed by atoms with Gasteiger partial charge in [-0.3, -0.25) is 9.59 Å². The molecule has 1 heterocycles. The first kappa shape index (κ1) is 16.2. The molecule has 0 radical (unpaired) electrons. The molecule has 0 aromatic carbocycles. The summed E-state index contributed by atoms with van der Waals surface area (Å²) < 4.78 is 6.19. The lowest BCUT2D eigenvalue weighted by atomic mass is 9.46. The van der Waals surface area contributed by atoms with Crippen LogP contribution in [0.3, 0.4) is 0 Å². The van der Waals surface area contributed by atoms with Crippen LogP contribution in [0.4, 0.5) is 0 Å². The summed E-state index contributed by atoms with van der Waals surface area (Å²) >= 11 is 0. The van der Waals surface area contributed by atoms with Gasteiger partial charge in [-0.15, -0.1) is 0 Å². The molecule has 1 saturated heterocycles. The third-order valence-electron chi connectivity index (χ3n) is 9.23. The monoisotopic (exact) mass is 342 g/mol. The summed E-state index contributed by atoms with van der Waals surface area (Å²) in [7, 11) is 0. The molecule has 0 bridgehead atoms. The molecule has 4 aliphatic carbocycles. The molecule has 0 unspecified atom stereocenters. The molecular formula is C22H30O3. The Kier molecular flexibility index (Phi) is 3.15. The molecule has 136 valence electrons. The van der Waals surface area contributed by atoms with Crippen molar-refractivity contribution in [3.05, 3.63) is 11.6 Å². The number of allylic oxidation sites excluding steroid dienone is 1. The first-order valence-electron chi connectivity index (χ1n) is 10.3. The molecule has 5 aliphatic rings. The van der Waals surface area contributed by atoms with Crippen molar-refractivity contribution >= 4 is 11.6 Å².